The van der Waals surface area contributed by atoms with Gasteiger partial charge in [-0.05, 0) is 124 Å². The van der Waals surface area contributed by atoms with Crippen molar-refractivity contribution in [1.82, 2.24) is 10.6 Å². The first-order valence-corrected chi connectivity index (χ1v) is 17.0. The molecule has 0 bridgehead atoms. The molecule has 0 unspecified atom stereocenters. The Morgan fingerprint density at radius 1 is 0.714 bits per heavy atom. The van der Waals surface area contributed by atoms with E-state index < -0.39 is 35.5 Å². The van der Waals surface area contributed by atoms with E-state index in [2.05, 4.69) is 39.8 Å². The van der Waals surface area contributed by atoms with Gasteiger partial charge in [-0.3, -0.25) is 9.59 Å². The smallest absolute Gasteiger partial charge is 0.408 e. The molecule has 0 aliphatic rings. The lowest BCUT2D eigenvalue weighted by Crippen LogP contribution is -2.45. The van der Waals surface area contributed by atoms with Crippen molar-refractivity contribution in [3.63, 3.8) is 0 Å². The zero-order chi connectivity index (χ0) is 37.9. The van der Waals surface area contributed by atoms with Crippen LogP contribution in [0.25, 0.3) is 6.08 Å². The van der Waals surface area contributed by atoms with Crippen molar-refractivity contribution in [3.05, 3.63) is 76.4 Å². The van der Waals surface area contributed by atoms with Gasteiger partial charge in [0.25, 0.3) is 0 Å². The Morgan fingerprint density at radius 3 is 1.51 bits per heavy atom. The van der Waals surface area contributed by atoms with Gasteiger partial charge in [0.1, 0.15) is 22.7 Å². The summed E-state index contributed by atoms with van der Waals surface area (Å²) in [7, 11) is 3.26. The van der Waals surface area contributed by atoms with Crippen molar-refractivity contribution < 1.29 is 38.1 Å². The summed E-state index contributed by atoms with van der Waals surface area (Å²) < 4.78 is 21.6. The molecule has 0 aliphatic heterocycles. The highest BCUT2D eigenvalue weighted by Crippen LogP contribution is 2.16. The summed E-state index contributed by atoms with van der Waals surface area (Å²) in [5.41, 5.74) is -0.323. The molecule has 0 fully saturated rings. The zero-order valence-electron chi connectivity index (χ0n) is 31.0. The highest BCUT2D eigenvalue weighted by Gasteiger charge is 2.26. The number of halogens is 1. The van der Waals surface area contributed by atoms with E-state index in [1.54, 1.807) is 61.8 Å². The molecule has 11 heteroatoms. The van der Waals surface area contributed by atoms with Crippen molar-refractivity contribution >= 4 is 52.4 Å². The van der Waals surface area contributed by atoms with Crippen LogP contribution in [-0.4, -0.2) is 61.3 Å². The van der Waals surface area contributed by atoms with Gasteiger partial charge in [0.15, 0.2) is 11.6 Å². The maximum absolute atomic E-state index is 12.4. The third-order valence-electron chi connectivity index (χ3n) is 6.06. The molecule has 0 heterocycles. The summed E-state index contributed by atoms with van der Waals surface area (Å²) in [6, 6.07) is 14.1. The van der Waals surface area contributed by atoms with Crippen LogP contribution < -0.4 is 20.1 Å². The number of ether oxygens (including phenoxy) is 4. The van der Waals surface area contributed by atoms with Crippen LogP contribution in [0.3, 0.4) is 0 Å². The third kappa shape index (κ3) is 21.0. The lowest BCUT2D eigenvalue weighted by molar-refractivity contribution is -0.118. The molecule has 0 spiro atoms. The molecule has 10 nitrogen and oxygen atoms in total. The number of hydrogen-bond acceptors (Lipinski definition) is 8. The van der Waals surface area contributed by atoms with E-state index in [0.29, 0.717) is 0 Å². The summed E-state index contributed by atoms with van der Waals surface area (Å²) in [4.78, 5) is 47.3. The average Bonchev–Trinajstić information content (AvgIpc) is 2.99. The second-order valence-electron chi connectivity index (χ2n) is 13.5. The zero-order valence-corrected chi connectivity index (χ0v) is 33.2. The molecule has 49 heavy (non-hydrogen) atoms. The summed E-state index contributed by atoms with van der Waals surface area (Å²) in [6.45, 7) is 21.5. The van der Waals surface area contributed by atoms with Crippen molar-refractivity contribution in [2.24, 2.45) is 11.8 Å². The Morgan fingerprint density at radius 2 is 1.14 bits per heavy atom. The molecule has 2 aromatic rings. The first kappa shape index (κ1) is 45.1. The molecule has 2 atom stereocenters. The largest absolute Gasteiger partial charge is 0.497 e. The molecule has 272 valence electrons. The summed E-state index contributed by atoms with van der Waals surface area (Å²) in [5, 5.41) is 5.19. The van der Waals surface area contributed by atoms with Gasteiger partial charge in [-0.25, -0.2) is 9.59 Å². The van der Waals surface area contributed by atoms with Crippen LogP contribution in [0.1, 0.15) is 74.8 Å². The molecular weight excluding hydrogens is 739 g/mol. The van der Waals surface area contributed by atoms with E-state index in [1.165, 1.54) is 15.7 Å². The molecule has 2 rings (SSSR count). The predicted molar refractivity (Wildman–Crippen MR) is 204 cm³/mol. The molecule has 2 N–H and O–H groups in total. The fourth-order valence-corrected chi connectivity index (χ4v) is 4.26. The van der Waals surface area contributed by atoms with Crippen LogP contribution in [0, 0.1) is 15.4 Å². The van der Waals surface area contributed by atoms with Gasteiger partial charge in [0.2, 0.25) is 0 Å². The van der Waals surface area contributed by atoms with Gasteiger partial charge in [-0.15, -0.1) is 0 Å². The SMILES string of the molecule is C=CC(=O)[C@H](NC(=O)OC(C)(C)C)C(C)C.COc1cccc(/C=C/C(=O)[C@H](NC(=O)OC(C)(C)C)C(C)C)c1.COc1cccc(I)c1. The number of amides is 2. The molecule has 0 aliphatic carbocycles. The second kappa shape index (κ2) is 22.0. The molecule has 0 aromatic heterocycles. The van der Waals surface area contributed by atoms with E-state index in [0.717, 1.165) is 17.1 Å². The topological polar surface area (TPSA) is 129 Å². The number of carbonyl (C=O) groups excluding carboxylic acids is 4. The monoisotopic (exact) mass is 794 g/mol. The van der Waals surface area contributed by atoms with E-state index in [9.17, 15) is 19.2 Å². The first-order valence-electron chi connectivity index (χ1n) is 15.9. The third-order valence-corrected chi connectivity index (χ3v) is 6.73. The average molecular weight is 795 g/mol. The fraction of sp³-hybridized carbons (Fsp3) is 0.474. The van der Waals surface area contributed by atoms with Gasteiger partial charge in [0.05, 0.1) is 26.3 Å². The Hall–Kier alpha value is -3.87. The van der Waals surface area contributed by atoms with Gasteiger partial charge in [-0.1, -0.05) is 58.5 Å². The Kier molecular flexibility index (Phi) is 20.2. The highest BCUT2D eigenvalue weighted by molar-refractivity contribution is 14.1. The van der Waals surface area contributed by atoms with E-state index in [4.69, 9.17) is 18.9 Å². The summed E-state index contributed by atoms with van der Waals surface area (Å²) in [6.07, 6.45) is 3.21. The van der Waals surface area contributed by atoms with Gasteiger partial charge >= 0.3 is 12.2 Å². The van der Waals surface area contributed by atoms with Crippen LogP contribution in [0.2, 0.25) is 0 Å². The molecule has 2 aromatic carbocycles. The van der Waals surface area contributed by atoms with Gasteiger partial charge in [0, 0.05) is 3.57 Å². The summed E-state index contributed by atoms with van der Waals surface area (Å²) >= 11 is 2.25. The minimum Gasteiger partial charge on any atom is -0.497 e. The normalized spacial score (nSPS) is 12.3. The number of rotatable bonds is 11. The van der Waals surface area contributed by atoms with Crippen molar-refractivity contribution in [3.8, 4) is 11.5 Å². The standard InChI is InChI=1S/C19H27NO4.C12H21NO3.C7H7IO/c1-13(2)17(20-18(22)24-19(3,4)5)16(21)11-10-14-8-7-9-15(12-14)23-6;1-7-9(14)10(8(2)3)13-11(15)16-12(4,5)6;1-9-7-4-2-3-6(8)5-7/h7-13,17H,1-6H3,(H,20,22);7-8,10H,1H2,2-6H3,(H,13,15);2-5H,1H3/b11-10+;;/t17-;10-;/m11./s1. The maximum atomic E-state index is 12.4. The van der Waals surface area contributed by atoms with Crippen LogP contribution in [-0.2, 0) is 19.1 Å². The fourth-order valence-electron chi connectivity index (χ4n) is 3.75. The minimum atomic E-state index is -0.637. The lowest BCUT2D eigenvalue weighted by atomic mass is 9.99. The molecule has 0 saturated carbocycles. The molecular formula is C38H55IN2O8. The minimum absolute atomic E-state index is 0.00183. The molecule has 0 radical (unpaired) electrons. The van der Waals surface area contributed by atoms with Crippen LogP contribution >= 0.6 is 22.6 Å². The van der Waals surface area contributed by atoms with Gasteiger partial charge in [-0.2, -0.15) is 0 Å². The number of benzene rings is 2. The quantitative estimate of drug-likeness (QED) is 0.172. The Labute approximate surface area is 306 Å². The first-order chi connectivity index (χ1) is 22.6. The number of alkyl carbamates (subject to hydrolysis) is 2. The van der Waals surface area contributed by atoms with Crippen LogP contribution in [0.5, 0.6) is 11.5 Å². The van der Waals surface area contributed by atoms with E-state index >= 15 is 0 Å². The Balaban J connectivity index is 0.000000787. The second-order valence-corrected chi connectivity index (χ2v) is 14.8. The molecule has 2 amide bonds. The van der Waals surface area contributed by atoms with Gasteiger partial charge < -0.3 is 29.6 Å². The Bertz CT molecular complexity index is 1390. The number of ketones is 2. The number of nitrogens with one attached hydrogen (secondary N) is 2. The molecule has 0 saturated heterocycles. The van der Waals surface area contributed by atoms with Crippen LogP contribution in [0.4, 0.5) is 9.59 Å². The van der Waals surface area contributed by atoms with E-state index in [-0.39, 0.29) is 23.4 Å². The number of carbonyl (C=O) groups is 4. The number of methoxy groups -OCH3 is 2. The van der Waals surface area contributed by atoms with Crippen molar-refractivity contribution in [2.75, 3.05) is 14.2 Å². The number of hydrogen-bond donors (Lipinski definition) is 2. The van der Waals surface area contributed by atoms with Crippen LogP contribution in [0.15, 0.2) is 67.3 Å². The maximum Gasteiger partial charge on any atom is 0.408 e. The van der Waals surface area contributed by atoms with E-state index in [1.807, 2.05) is 76.2 Å². The highest BCUT2D eigenvalue weighted by atomic mass is 127. The predicted octanol–water partition coefficient (Wildman–Crippen LogP) is 8.42. The van der Waals surface area contributed by atoms with Crippen molar-refractivity contribution in [1.29, 1.82) is 0 Å². The lowest BCUT2D eigenvalue weighted by Gasteiger charge is -2.24. The summed E-state index contributed by atoms with van der Waals surface area (Å²) in [5.74, 6) is 1.19. The van der Waals surface area contributed by atoms with Crippen molar-refractivity contribution in [2.45, 2.75) is 92.5 Å².